The minimum atomic E-state index is -0.00851. The molecule has 6 nitrogen and oxygen atoms in total. The summed E-state index contributed by atoms with van der Waals surface area (Å²) in [5.74, 6) is -0.0170. The predicted octanol–water partition coefficient (Wildman–Crippen LogP) is 9.44. The highest BCUT2D eigenvalue weighted by Gasteiger charge is 2.39. The van der Waals surface area contributed by atoms with Gasteiger partial charge >= 0.3 is 0 Å². The van der Waals surface area contributed by atoms with Crippen molar-refractivity contribution in [1.29, 1.82) is 0 Å². The molecular weight excluding hydrogens is 544 g/mol. The Morgan fingerprint density at radius 1 is 0.341 bits per heavy atom. The molecule has 0 spiro atoms. The molecule has 0 unspecified atom stereocenters. The molecule has 0 saturated heterocycles. The lowest BCUT2D eigenvalue weighted by molar-refractivity contribution is 0.0981. The van der Waals surface area contributed by atoms with Gasteiger partial charge in [0.15, 0.2) is 11.6 Å². The van der Waals surface area contributed by atoms with Gasteiger partial charge in [0.25, 0.3) is 0 Å². The molecule has 0 amide bonds. The van der Waals surface area contributed by atoms with E-state index in [0.717, 1.165) is 74.1 Å². The van der Waals surface area contributed by atoms with E-state index in [9.17, 15) is 9.59 Å². The van der Waals surface area contributed by atoms with Crippen LogP contribution in [0.3, 0.4) is 0 Å². The zero-order chi connectivity index (χ0) is 29.9. The van der Waals surface area contributed by atoms with E-state index in [2.05, 4.69) is 45.5 Å². The van der Waals surface area contributed by atoms with Crippen molar-refractivity contribution in [3.05, 3.63) is 46.5 Å². The Morgan fingerprint density at radius 3 is 0.750 bits per heavy atom. The number of fused-ring (bicyclic) bond motifs is 2. The first-order valence-corrected chi connectivity index (χ1v) is 18.2. The number of hydrogen-bond donors (Lipinski definition) is 4. The van der Waals surface area contributed by atoms with Gasteiger partial charge in [0.2, 0.25) is 0 Å². The summed E-state index contributed by atoms with van der Waals surface area (Å²) in [5.41, 5.74) is 5.65. The van der Waals surface area contributed by atoms with Crippen molar-refractivity contribution in [1.82, 2.24) is 0 Å². The standard InChI is InChI=1S/C38H52N4O2/c43-37-33-29(39-25-13-5-1-6-14-25)21-22-30(40-26-15-7-2-8-16-26)34(33)38(44)36-32(42-28-19-11-4-12-20-28)24-23-31(35(36)37)41-27-17-9-3-10-18-27/h21-28,39-42H,1-20H2. The Morgan fingerprint density at radius 2 is 0.545 bits per heavy atom. The highest BCUT2D eigenvalue weighted by Crippen LogP contribution is 2.44. The minimum absolute atomic E-state index is 0.00851. The van der Waals surface area contributed by atoms with Gasteiger partial charge in [-0.25, -0.2) is 0 Å². The largest absolute Gasteiger partial charge is 0.382 e. The third kappa shape index (κ3) is 6.23. The van der Waals surface area contributed by atoms with Crippen molar-refractivity contribution in [3.8, 4) is 0 Å². The van der Waals surface area contributed by atoms with Crippen molar-refractivity contribution in [2.24, 2.45) is 0 Å². The Labute approximate surface area is 263 Å². The van der Waals surface area contributed by atoms with Gasteiger partial charge in [-0.1, -0.05) is 77.0 Å². The zero-order valence-electron chi connectivity index (χ0n) is 26.6. The van der Waals surface area contributed by atoms with E-state index in [1.165, 1.54) is 77.0 Å². The summed E-state index contributed by atoms with van der Waals surface area (Å²) in [6.45, 7) is 0. The van der Waals surface area contributed by atoms with Gasteiger partial charge in [-0.15, -0.1) is 0 Å². The fraction of sp³-hybridized carbons (Fsp3) is 0.632. The van der Waals surface area contributed by atoms with Crippen LogP contribution in [0.4, 0.5) is 22.7 Å². The summed E-state index contributed by atoms with van der Waals surface area (Å²) >= 11 is 0. The van der Waals surface area contributed by atoms with Crippen LogP contribution in [0, 0.1) is 0 Å². The minimum Gasteiger partial charge on any atom is -0.382 e. The molecule has 4 N–H and O–H groups in total. The topological polar surface area (TPSA) is 82.3 Å². The maximum atomic E-state index is 15.0. The highest BCUT2D eigenvalue weighted by atomic mass is 16.1. The predicted molar refractivity (Wildman–Crippen MR) is 182 cm³/mol. The monoisotopic (exact) mass is 596 g/mol. The third-order valence-corrected chi connectivity index (χ3v) is 11.2. The van der Waals surface area contributed by atoms with Crippen molar-refractivity contribution in [2.75, 3.05) is 21.3 Å². The number of carbonyl (C=O) groups excluding carboxylic acids is 2. The summed E-state index contributed by atoms with van der Waals surface area (Å²) in [5, 5.41) is 15.1. The molecule has 4 fully saturated rings. The van der Waals surface area contributed by atoms with Gasteiger partial charge in [-0.05, 0) is 75.6 Å². The highest BCUT2D eigenvalue weighted by molar-refractivity contribution is 6.35. The number of rotatable bonds is 8. The van der Waals surface area contributed by atoms with Crippen LogP contribution in [0.15, 0.2) is 24.3 Å². The Hall–Kier alpha value is -3.02. The third-order valence-electron chi connectivity index (χ3n) is 11.2. The Bertz CT molecular complexity index is 1140. The van der Waals surface area contributed by atoms with Crippen LogP contribution in [0.25, 0.3) is 0 Å². The molecule has 4 saturated carbocycles. The molecular formula is C38H52N4O2. The van der Waals surface area contributed by atoms with Crippen molar-refractivity contribution >= 4 is 34.3 Å². The number of ketones is 2. The number of carbonyl (C=O) groups is 2. The van der Waals surface area contributed by atoms with Crippen LogP contribution in [0.2, 0.25) is 0 Å². The maximum absolute atomic E-state index is 15.0. The van der Waals surface area contributed by atoms with Crippen LogP contribution < -0.4 is 21.3 Å². The second-order valence-electron chi connectivity index (χ2n) is 14.4. The molecule has 5 aliphatic rings. The lowest BCUT2D eigenvalue weighted by Gasteiger charge is -2.33. The van der Waals surface area contributed by atoms with Crippen molar-refractivity contribution in [2.45, 2.75) is 153 Å². The Balaban J connectivity index is 1.33. The van der Waals surface area contributed by atoms with Crippen LogP contribution in [0.1, 0.15) is 160 Å². The SMILES string of the molecule is O=C1c2c(NC3CCCCC3)ccc(NC3CCCCC3)c2C(=O)c2c(NC3CCCCC3)ccc(NC3CCCCC3)c21. The average molecular weight is 597 g/mol. The van der Waals surface area contributed by atoms with Crippen molar-refractivity contribution in [3.63, 3.8) is 0 Å². The summed E-state index contributed by atoms with van der Waals surface area (Å²) in [6, 6.07) is 9.67. The normalized spacial score (nSPS) is 22.3. The smallest absolute Gasteiger partial charge is 0.198 e. The molecule has 0 bridgehead atoms. The van der Waals surface area contributed by atoms with Crippen LogP contribution >= 0.6 is 0 Å². The fourth-order valence-electron chi connectivity index (χ4n) is 8.75. The molecule has 2 aromatic carbocycles. The summed E-state index contributed by atoms with van der Waals surface area (Å²) in [6.07, 6.45) is 23.7. The van der Waals surface area contributed by atoms with E-state index in [1.807, 2.05) is 0 Å². The van der Waals surface area contributed by atoms with E-state index in [0.29, 0.717) is 46.4 Å². The van der Waals surface area contributed by atoms with Gasteiger partial charge in [0, 0.05) is 46.9 Å². The molecule has 6 heteroatoms. The Kier molecular flexibility index (Phi) is 9.13. The number of nitrogens with one attached hydrogen (secondary N) is 4. The van der Waals surface area contributed by atoms with Crippen LogP contribution in [0.5, 0.6) is 0 Å². The molecule has 2 aromatic rings. The lowest BCUT2D eigenvalue weighted by atomic mass is 9.79. The van der Waals surface area contributed by atoms with Crippen LogP contribution in [-0.4, -0.2) is 35.7 Å². The average Bonchev–Trinajstić information content (AvgIpc) is 3.06. The molecule has 44 heavy (non-hydrogen) atoms. The molecule has 0 heterocycles. The number of anilines is 4. The second-order valence-corrected chi connectivity index (χ2v) is 14.4. The molecule has 0 atom stereocenters. The number of hydrogen-bond acceptors (Lipinski definition) is 6. The van der Waals surface area contributed by atoms with Gasteiger partial charge < -0.3 is 21.3 Å². The summed E-state index contributed by atoms with van der Waals surface area (Å²) in [4.78, 5) is 30.0. The van der Waals surface area contributed by atoms with Gasteiger partial charge in [0.1, 0.15) is 0 Å². The lowest BCUT2D eigenvalue weighted by Crippen LogP contribution is -2.32. The van der Waals surface area contributed by atoms with E-state index in [4.69, 9.17) is 0 Å². The van der Waals surface area contributed by atoms with Gasteiger partial charge in [-0.2, -0.15) is 0 Å². The maximum Gasteiger partial charge on any atom is 0.198 e. The van der Waals surface area contributed by atoms with Crippen LogP contribution in [-0.2, 0) is 0 Å². The molecule has 5 aliphatic carbocycles. The summed E-state index contributed by atoms with van der Waals surface area (Å²) < 4.78 is 0. The van der Waals surface area contributed by atoms with Gasteiger partial charge in [-0.3, -0.25) is 9.59 Å². The zero-order valence-corrected chi connectivity index (χ0v) is 26.6. The fourth-order valence-corrected chi connectivity index (χ4v) is 8.75. The molecule has 236 valence electrons. The first-order chi connectivity index (χ1) is 21.7. The van der Waals surface area contributed by atoms with E-state index < -0.39 is 0 Å². The van der Waals surface area contributed by atoms with Gasteiger partial charge in [0.05, 0.1) is 22.3 Å². The van der Waals surface area contributed by atoms with E-state index >= 15 is 0 Å². The summed E-state index contributed by atoms with van der Waals surface area (Å²) in [7, 11) is 0. The molecule has 0 aromatic heterocycles. The van der Waals surface area contributed by atoms with Crippen molar-refractivity contribution < 1.29 is 9.59 Å². The number of benzene rings is 2. The first kappa shape index (κ1) is 29.7. The molecule has 0 radical (unpaired) electrons. The van der Waals surface area contributed by atoms with E-state index in [-0.39, 0.29) is 11.6 Å². The van der Waals surface area contributed by atoms with E-state index in [1.54, 1.807) is 0 Å². The first-order valence-electron chi connectivity index (χ1n) is 18.2. The molecule has 7 rings (SSSR count). The second kappa shape index (κ2) is 13.5. The molecule has 0 aliphatic heterocycles. The quantitative estimate of drug-likeness (QED) is 0.207.